The lowest BCUT2D eigenvalue weighted by Gasteiger charge is -2.27. The second-order valence-electron chi connectivity index (χ2n) is 8.89. The van der Waals surface area contributed by atoms with Gasteiger partial charge in [-0.1, -0.05) is 31.5 Å². The zero-order valence-corrected chi connectivity index (χ0v) is 19.5. The number of carbonyl (C=O) groups excluding carboxylic acids is 1. The molecule has 0 heterocycles. The number of hydrogen-bond donors (Lipinski definition) is 0. The maximum absolute atomic E-state index is 12.4. The average Bonchev–Trinajstić information content (AvgIpc) is 3.29. The van der Waals surface area contributed by atoms with Crippen LogP contribution in [0.1, 0.15) is 71.1 Å². The van der Waals surface area contributed by atoms with E-state index in [1.54, 1.807) is 0 Å². The SMILES string of the molecule is CCC1(OC(=O)COc2ccc([S+](c3ccccc3)C3CCCCC3)cc2)CCCC1. The first-order chi connectivity index (χ1) is 15.2. The molecule has 1 atom stereocenters. The third-order valence-electron chi connectivity index (χ3n) is 6.81. The molecule has 0 saturated heterocycles. The molecule has 2 aliphatic rings. The predicted octanol–water partition coefficient (Wildman–Crippen LogP) is 6.70. The van der Waals surface area contributed by atoms with E-state index < -0.39 is 0 Å². The van der Waals surface area contributed by atoms with Crippen molar-refractivity contribution in [3.05, 3.63) is 54.6 Å². The number of hydrogen-bond acceptors (Lipinski definition) is 3. The second kappa shape index (κ2) is 10.6. The molecule has 0 spiro atoms. The van der Waals surface area contributed by atoms with Gasteiger partial charge in [-0.3, -0.25) is 0 Å². The molecule has 0 radical (unpaired) electrons. The molecular weight excluding hydrogens is 404 g/mol. The summed E-state index contributed by atoms with van der Waals surface area (Å²) in [7, 11) is 0.0839. The lowest BCUT2D eigenvalue weighted by molar-refractivity contribution is -0.162. The third-order valence-corrected chi connectivity index (χ3v) is 9.50. The van der Waals surface area contributed by atoms with Crippen LogP contribution in [0.3, 0.4) is 0 Å². The van der Waals surface area contributed by atoms with Gasteiger partial charge in [0.05, 0.1) is 10.9 Å². The highest BCUT2D eigenvalue weighted by atomic mass is 32.2. The summed E-state index contributed by atoms with van der Waals surface area (Å²) in [5.74, 6) is 0.483. The molecule has 4 rings (SSSR count). The predicted molar refractivity (Wildman–Crippen MR) is 127 cm³/mol. The van der Waals surface area contributed by atoms with Crippen LogP contribution in [0.4, 0.5) is 0 Å². The number of carbonyl (C=O) groups is 1. The third kappa shape index (κ3) is 5.65. The fourth-order valence-corrected chi connectivity index (χ4v) is 7.76. The first-order valence-corrected chi connectivity index (χ1v) is 13.2. The van der Waals surface area contributed by atoms with E-state index >= 15 is 0 Å². The van der Waals surface area contributed by atoms with Gasteiger partial charge in [-0.2, -0.15) is 0 Å². The first kappa shape index (κ1) is 22.3. The number of rotatable bonds is 8. The summed E-state index contributed by atoms with van der Waals surface area (Å²) in [6.07, 6.45) is 11.8. The number of ether oxygens (including phenoxy) is 2. The highest BCUT2D eigenvalue weighted by molar-refractivity contribution is 7.97. The topological polar surface area (TPSA) is 35.5 Å². The van der Waals surface area contributed by atoms with Crippen molar-refractivity contribution < 1.29 is 14.3 Å². The molecule has 0 amide bonds. The highest BCUT2D eigenvalue weighted by Crippen LogP contribution is 2.37. The van der Waals surface area contributed by atoms with Crippen LogP contribution >= 0.6 is 0 Å². The quantitative estimate of drug-likeness (QED) is 0.339. The first-order valence-electron chi connectivity index (χ1n) is 11.9. The Morgan fingerprint density at radius 1 is 0.903 bits per heavy atom. The van der Waals surface area contributed by atoms with Crippen molar-refractivity contribution in [3.63, 3.8) is 0 Å². The molecule has 0 bridgehead atoms. The summed E-state index contributed by atoms with van der Waals surface area (Å²) in [5.41, 5.74) is -0.256. The number of esters is 1. The van der Waals surface area contributed by atoms with Crippen molar-refractivity contribution in [3.8, 4) is 5.75 Å². The van der Waals surface area contributed by atoms with Crippen molar-refractivity contribution in [2.75, 3.05) is 6.61 Å². The van der Waals surface area contributed by atoms with Crippen LogP contribution in [0.5, 0.6) is 5.75 Å². The van der Waals surface area contributed by atoms with Crippen molar-refractivity contribution in [2.24, 2.45) is 0 Å². The van der Waals surface area contributed by atoms with E-state index in [1.165, 1.54) is 41.9 Å². The largest absolute Gasteiger partial charge is 0.482 e. The molecule has 2 aromatic rings. The zero-order valence-electron chi connectivity index (χ0n) is 18.7. The maximum Gasteiger partial charge on any atom is 0.344 e. The van der Waals surface area contributed by atoms with E-state index in [0.29, 0.717) is 0 Å². The Hall–Kier alpha value is -1.94. The van der Waals surface area contributed by atoms with Crippen LogP contribution in [-0.2, 0) is 20.4 Å². The van der Waals surface area contributed by atoms with Crippen molar-refractivity contribution >= 4 is 16.9 Å². The van der Waals surface area contributed by atoms with Gasteiger partial charge in [0, 0.05) is 0 Å². The van der Waals surface area contributed by atoms with Crippen LogP contribution in [0.15, 0.2) is 64.4 Å². The van der Waals surface area contributed by atoms with Gasteiger partial charge < -0.3 is 9.47 Å². The maximum atomic E-state index is 12.4. The Kier molecular flexibility index (Phi) is 7.60. The summed E-state index contributed by atoms with van der Waals surface area (Å²) in [4.78, 5) is 15.1. The molecule has 1 unspecified atom stereocenters. The lowest BCUT2D eigenvalue weighted by atomic mass is 9.99. The number of benzene rings is 2. The summed E-state index contributed by atoms with van der Waals surface area (Å²) in [6.45, 7) is 2.09. The molecule has 2 aliphatic carbocycles. The molecule has 2 fully saturated rings. The van der Waals surface area contributed by atoms with Gasteiger partial charge >= 0.3 is 5.97 Å². The molecular formula is C27H35O3S+. The molecule has 3 nitrogen and oxygen atoms in total. The summed E-state index contributed by atoms with van der Waals surface area (Å²) in [6, 6.07) is 19.3. The van der Waals surface area contributed by atoms with E-state index in [2.05, 4.69) is 49.4 Å². The average molecular weight is 440 g/mol. The Balaban J connectivity index is 1.40. The van der Waals surface area contributed by atoms with Crippen LogP contribution in [0, 0.1) is 0 Å². The summed E-state index contributed by atoms with van der Waals surface area (Å²) < 4.78 is 11.6. The van der Waals surface area contributed by atoms with Crippen LogP contribution < -0.4 is 4.74 Å². The Bertz CT molecular complexity index is 821. The van der Waals surface area contributed by atoms with E-state index in [-0.39, 0.29) is 29.1 Å². The highest BCUT2D eigenvalue weighted by Gasteiger charge is 2.37. The normalized spacial score (nSPS) is 19.6. The van der Waals surface area contributed by atoms with E-state index in [0.717, 1.165) is 43.1 Å². The zero-order chi connectivity index (χ0) is 21.5. The van der Waals surface area contributed by atoms with Gasteiger partial charge in [0.25, 0.3) is 0 Å². The van der Waals surface area contributed by atoms with Gasteiger partial charge in [-0.05, 0) is 94.2 Å². The molecule has 0 aromatic heterocycles. The van der Waals surface area contributed by atoms with Crippen molar-refractivity contribution in [2.45, 2.75) is 91.8 Å². The Morgan fingerprint density at radius 3 is 2.19 bits per heavy atom. The minimum atomic E-state index is -0.256. The lowest BCUT2D eigenvalue weighted by Crippen LogP contribution is -2.33. The summed E-state index contributed by atoms with van der Waals surface area (Å²) >= 11 is 0. The molecule has 0 N–H and O–H groups in total. The Labute approximate surface area is 189 Å². The monoisotopic (exact) mass is 439 g/mol. The molecule has 31 heavy (non-hydrogen) atoms. The van der Waals surface area contributed by atoms with E-state index in [4.69, 9.17) is 9.47 Å². The fraction of sp³-hybridized carbons (Fsp3) is 0.519. The molecule has 166 valence electrons. The fourth-order valence-electron chi connectivity index (χ4n) is 5.03. The summed E-state index contributed by atoms with van der Waals surface area (Å²) in [5, 5.41) is 0.717. The minimum Gasteiger partial charge on any atom is -0.482 e. The standard InChI is InChI=1S/C27H35O3S/c1-2-27(19-9-10-20-27)30-26(28)21-29-22-15-17-25(18-16-22)31(23-11-5-3-6-12-23)24-13-7-4-8-14-24/h3,5-6,11-12,15-18,24H,2,4,7-10,13-14,19-21H2,1H3/q+1. The van der Waals surface area contributed by atoms with Gasteiger partial charge in [0.15, 0.2) is 16.4 Å². The van der Waals surface area contributed by atoms with E-state index in [1.807, 2.05) is 12.1 Å². The smallest absolute Gasteiger partial charge is 0.344 e. The van der Waals surface area contributed by atoms with Gasteiger partial charge in [0.1, 0.15) is 16.6 Å². The Morgan fingerprint density at radius 2 is 1.55 bits per heavy atom. The molecule has 4 heteroatoms. The van der Waals surface area contributed by atoms with Crippen LogP contribution in [-0.4, -0.2) is 23.4 Å². The minimum absolute atomic E-state index is 0.0197. The van der Waals surface area contributed by atoms with Gasteiger partial charge in [-0.15, -0.1) is 0 Å². The molecule has 2 aromatic carbocycles. The van der Waals surface area contributed by atoms with Crippen molar-refractivity contribution in [1.82, 2.24) is 0 Å². The van der Waals surface area contributed by atoms with Crippen LogP contribution in [0.2, 0.25) is 0 Å². The second-order valence-corrected chi connectivity index (χ2v) is 11.2. The van der Waals surface area contributed by atoms with Gasteiger partial charge in [0.2, 0.25) is 0 Å². The van der Waals surface area contributed by atoms with Crippen molar-refractivity contribution in [1.29, 1.82) is 0 Å². The van der Waals surface area contributed by atoms with Gasteiger partial charge in [-0.25, -0.2) is 4.79 Å². The molecule has 0 aliphatic heterocycles. The van der Waals surface area contributed by atoms with Crippen LogP contribution in [0.25, 0.3) is 0 Å². The van der Waals surface area contributed by atoms with E-state index in [9.17, 15) is 4.79 Å². The molecule has 2 saturated carbocycles.